The maximum Gasteiger partial charge on any atom is 0.416 e. The average molecular weight is 608 g/mol. The van der Waals surface area contributed by atoms with E-state index >= 15 is 0 Å². The lowest BCUT2D eigenvalue weighted by Crippen LogP contribution is -2.71. The Bertz CT molecular complexity index is 1420. The summed E-state index contributed by atoms with van der Waals surface area (Å²) in [6, 6.07) is 13.1. The number of carbonyl (C=O) groups is 2. The van der Waals surface area contributed by atoms with E-state index < -0.39 is 29.9 Å². The molecular formula is C34H40F3N5O2. The summed E-state index contributed by atoms with van der Waals surface area (Å²) >= 11 is 0. The van der Waals surface area contributed by atoms with E-state index in [-0.39, 0.29) is 17.4 Å². The molecule has 2 fully saturated rings. The minimum absolute atomic E-state index is 0.00466. The molecule has 0 bridgehead atoms. The van der Waals surface area contributed by atoms with Gasteiger partial charge in [-0.1, -0.05) is 49.6 Å². The standard InChI is InChI=1S/C34H40F3N5O2/c35-34(36,37)27-15-16-29-28(22-27)32(43)42-30(41(29)20-9-18-39-21-17-38-24-39)23-40(19-8-7-12-25-10-3-1-4-11-25)33(44)31(42)26-13-5-2-6-14-26/h1,3-4,10-11,15-17,21-22,24,26,30-31H,2,5-9,12-14,18-20,23H2/t30?,31-/m0/s1. The fourth-order valence-electron chi connectivity index (χ4n) is 7.28. The molecule has 7 nitrogen and oxygen atoms in total. The summed E-state index contributed by atoms with van der Waals surface area (Å²) in [6.45, 7) is 2.14. The summed E-state index contributed by atoms with van der Waals surface area (Å²) in [7, 11) is 0. The summed E-state index contributed by atoms with van der Waals surface area (Å²) in [4.78, 5) is 38.2. The number of hydrogen-bond donors (Lipinski definition) is 0. The SMILES string of the molecule is O=C1[C@H](C2CCCCC2)N2C(=O)c3cc(C(F)(F)F)ccc3N(CCCn3ccnc3)C2CN1CCCCc1ccccc1. The normalized spacial score (nSPS) is 21.0. The highest BCUT2D eigenvalue weighted by Crippen LogP contribution is 2.42. The Labute approximate surface area is 256 Å². The third kappa shape index (κ3) is 6.35. The Balaban J connectivity index is 1.31. The van der Waals surface area contributed by atoms with Crippen molar-refractivity contribution >= 4 is 17.5 Å². The van der Waals surface area contributed by atoms with E-state index in [2.05, 4.69) is 22.0 Å². The molecule has 234 valence electrons. The first-order chi connectivity index (χ1) is 21.3. The van der Waals surface area contributed by atoms with Crippen LogP contribution in [-0.2, 0) is 23.9 Å². The molecule has 1 saturated heterocycles. The lowest BCUT2D eigenvalue weighted by atomic mass is 9.80. The number of nitrogens with zero attached hydrogens (tertiary/aromatic N) is 5. The summed E-state index contributed by atoms with van der Waals surface area (Å²) in [5.41, 5.74) is 0.957. The van der Waals surface area contributed by atoms with Crippen LogP contribution in [0.15, 0.2) is 67.3 Å². The summed E-state index contributed by atoms with van der Waals surface area (Å²) in [5.74, 6) is -0.528. The highest BCUT2D eigenvalue weighted by atomic mass is 19.4. The van der Waals surface area contributed by atoms with Crippen molar-refractivity contribution in [3.8, 4) is 0 Å². The van der Waals surface area contributed by atoms with Crippen molar-refractivity contribution in [1.29, 1.82) is 0 Å². The Morgan fingerprint density at radius 2 is 1.68 bits per heavy atom. The van der Waals surface area contributed by atoms with Crippen molar-refractivity contribution in [3.05, 3.63) is 83.9 Å². The molecule has 3 aliphatic rings. The molecule has 44 heavy (non-hydrogen) atoms. The van der Waals surface area contributed by atoms with Gasteiger partial charge in [-0.05, 0) is 68.2 Å². The number of carbonyl (C=O) groups excluding carboxylic acids is 2. The Morgan fingerprint density at radius 1 is 0.886 bits per heavy atom. The van der Waals surface area contributed by atoms with E-state index in [4.69, 9.17) is 0 Å². The summed E-state index contributed by atoms with van der Waals surface area (Å²) < 4.78 is 43.4. The van der Waals surface area contributed by atoms with Gasteiger partial charge in [0, 0.05) is 32.0 Å². The minimum Gasteiger partial charge on any atom is -0.349 e. The highest BCUT2D eigenvalue weighted by Gasteiger charge is 2.51. The van der Waals surface area contributed by atoms with Crippen LogP contribution in [-0.4, -0.2) is 63.0 Å². The van der Waals surface area contributed by atoms with Crippen molar-refractivity contribution in [1.82, 2.24) is 19.4 Å². The van der Waals surface area contributed by atoms with E-state index in [1.54, 1.807) is 17.4 Å². The number of aryl methyl sites for hydroxylation is 2. The number of rotatable bonds is 10. The van der Waals surface area contributed by atoms with Gasteiger partial charge in [-0.3, -0.25) is 9.59 Å². The number of fused-ring (bicyclic) bond motifs is 2. The number of hydrogen-bond acceptors (Lipinski definition) is 4. The Hall–Kier alpha value is -3.82. The zero-order valence-corrected chi connectivity index (χ0v) is 25.0. The number of halogens is 3. The Kier molecular flexibility index (Phi) is 8.96. The van der Waals surface area contributed by atoms with Gasteiger partial charge in [-0.25, -0.2) is 4.98 Å². The maximum atomic E-state index is 14.2. The first-order valence-electron chi connectivity index (χ1n) is 15.9. The van der Waals surface area contributed by atoms with Crippen molar-refractivity contribution in [2.75, 3.05) is 24.5 Å². The van der Waals surface area contributed by atoms with Gasteiger partial charge < -0.3 is 19.3 Å². The fourth-order valence-corrected chi connectivity index (χ4v) is 7.28. The van der Waals surface area contributed by atoms with Crippen LogP contribution >= 0.6 is 0 Å². The second-order valence-electron chi connectivity index (χ2n) is 12.3. The molecular weight excluding hydrogens is 567 g/mol. The molecule has 2 amide bonds. The third-order valence-electron chi connectivity index (χ3n) is 9.48. The molecule has 1 aliphatic carbocycles. The average Bonchev–Trinajstić information content (AvgIpc) is 3.55. The predicted octanol–water partition coefficient (Wildman–Crippen LogP) is 6.39. The monoisotopic (exact) mass is 607 g/mol. The first-order valence-corrected chi connectivity index (χ1v) is 15.9. The topological polar surface area (TPSA) is 61.7 Å². The van der Waals surface area contributed by atoms with Crippen molar-refractivity contribution < 1.29 is 22.8 Å². The van der Waals surface area contributed by atoms with Crippen LogP contribution in [0.5, 0.6) is 0 Å². The number of aromatic nitrogens is 2. The third-order valence-corrected chi connectivity index (χ3v) is 9.48. The lowest BCUT2D eigenvalue weighted by Gasteiger charge is -2.55. The number of unbranched alkanes of at least 4 members (excludes halogenated alkanes) is 1. The van der Waals surface area contributed by atoms with Crippen LogP contribution in [0.25, 0.3) is 0 Å². The minimum atomic E-state index is -4.57. The van der Waals surface area contributed by atoms with Crippen molar-refractivity contribution in [2.24, 2.45) is 5.92 Å². The zero-order chi connectivity index (χ0) is 30.7. The maximum absolute atomic E-state index is 14.2. The van der Waals surface area contributed by atoms with Crippen LogP contribution in [0.1, 0.15) is 72.9 Å². The van der Waals surface area contributed by atoms with Gasteiger partial charge in [0.2, 0.25) is 5.91 Å². The second kappa shape index (κ2) is 13.0. The van der Waals surface area contributed by atoms with Crippen molar-refractivity contribution in [3.63, 3.8) is 0 Å². The molecule has 2 aromatic carbocycles. The molecule has 3 heterocycles. The second-order valence-corrected chi connectivity index (χ2v) is 12.3. The van der Waals surface area contributed by atoms with E-state index in [0.29, 0.717) is 38.3 Å². The van der Waals surface area contributed by atoms with Crippen molar-refractivity contribution in [2.45, 2.75) is 82.7 Å². The summed E-state index contributed by atoms with van der Waals surface area (Å²) in [6.07, 6.45) is 8.48. The van der Waals surface area contributed by atoms with Crippen LogP contribution < -0.4 is 4.90 Å². The smallest absolute Gasteiger partial charge is 0.349 e. The quantitative estimate of drug-likeness (QED) is 0.251. The molecule has 10 heteroatoms. The number of imidazole rings is 1. The number of anilines is 1. The first kappa shape index (κ1) is 30.2. The van der Waals surface area contributed by atoms with Gasteiger partial charge >= 0.3 is 6.18 Å². The van der Waals surface area contributed by atoms with Gasteiger partial charge in [-0.15, -0.1) is 0 Å². The fraction of sp³-hybridized carbons (Fsp3) is 0.500. The molecule has 1 saturated carbocycles. The number of benzene rings is 2. The number of amides is 2. The molecule has 1 aromatic heterocycles. The van der Waals surface area contributed by atoms with Gasteiger partial charge in [0.25, 0.3) is 5.91 Å². The molecule has 0 spiro atoms. The molecule has 6 rings (SSSR count). The van der Waals surface area contributed by atoms with Gasteiger partial charge in [0.1, 0.15) is 12.2 Å². The van der Waals surface area contributed by atoms with E-state index in [1.807, 2.05) is 33.9 Å². The Morgan fingerprint density at radius 3 is 2.41 bits per heavy atom. The van der Waals surface area contributed by atoms with Gasteiger partial charge in [0.15, 0.2) is 0 Å². The van der Waals surface area contributed by atoms with E-state index in [0.717, 1.165) is 63.5 Å². The molecule has 3 aromatic rings. The summed E-state index contributed by atoms with van der Waals surface area (Å²) in [5, 5.41) is 0. The molecule has 0 N–H and O–H groups in total. The predicted molar refractivity (Wildman–Crippen MR) is 162 cm³/mol. The molecule has 1 unspecified atom stereocenters. The zero-order valence-electron chi connectivity index (χ0n) is 25.0. The van der Waals surface area contributed by atoms with E-state index in [1.165, 1.54) is 11.6 Å². The van der Waals surface area contributed by atoms with Crippen LogP contribution in [0.4, 0.5) is 18.9 Å². The largest absolute Gasteiger partial charge is 0.416 e. The van der Waals surface area contributed by atoms with E-state index in [9.17, 15) is 22.8 Å². The highest BCUT2D eigenvalue weighted by molar-refractivity contribution is 6.05. The lowest BCUT2D eigenvalue weighted by molar-refractivity contribution is -0.147. The van der Waals surface area contributed by atoms with Gasteiger partial charge in [-0.2, -0.15) is 13.2 Å². The molecule has 0 radical (unpaired) electrons. The van der Waals surface area contributed by atoms with Crippen LogP contribution in [0, 0.1) is 5.92 Å². The number of alkyl halides is 3. The van der Waals surface area contributed by atoms with Crippen LogP contribution in [0.2, 0.25) is 0 Å². The molecule has 2 atom stereocenters. The number of piperazine rings is 1. The van der Waals surface area contributed by atoms with Gasteiger partial charge in [0.05, 0.1) is 29.7 Å². The molecule has 2 aliphatic heterocycles. The van der Waals surface area contributed by atoms with Crippen LogP contribution in [0.3, 0.4) is 0 Å².